The lowest BCUT2D eigenvalue weighted by Gasteiger charge is -2.01. The highest BCUT2D eigenvalue weighted by Gasteiger charge is 2.10. The molecule has 1 aromatic heterocycles. The molecule has 0 saturated heterocycles. The minimum Gasteiger partial charge on any atom is -0.369 e. The highest BCUT2D eigenvalue weighted by Crippen LogP contribution is 2.25. The van der Waals surface area contributed by atoms with Crippen LogP contribution in [0.25, 0.3) is 11.3 Å². The molecule has 0 aliphatic heterocycles. The summed E-state index contributed by atoms with van der Waals surface area (Å²) >= 11 is 1.73. The maximum absolute atomic E-state index is 5.78. The Labute approximate surface area is 99.7 Å². The van der Waals surface area contributed by atoms with Gasteiger partial charge in [-0.15, -0.1) is 11.8 Å². The van der Waals surface area contributed by atoms with Crippen LogP contribution in [0.1, 0.15) is 5.69 Å². The number of nitrogens with two attached hydrogens (primary N) is 1. The maximum Gasteiger partial charge on any atom is 0.200 e. The summed E-state index contributed by atoms with van der Waals surface area (Å²) in [6.45, 7) is 2.03. The van der Waals surface area contributed by atoms with Crippen LogP contribution in [0, 0.1) is 6.92 Å². The van der Waals surface area contributed by atoms with Gasteiger partial charge in [0.2, 0.25) is 5.95 Å². The SMILES string of the molecule is CSc1ccc(-c2nc(N)n(C)c2C)cc1. The summed E-state index contributed by atoms with van der Waals surface area (Å²) in [6.07, 6.45) is 2.07. The first-order valence-corrected chi connectivity index (χ1v) is 6.29. The molecule has 0 saturated carbocycles. The van der Waals surface area contributed by atoms with Crippen molar-refractivity contribution in [2.75, 3.05) is 12.0 Å². The van der Waals surface area contributed by atoms with Crippen LogP contribution in [-0.4, -0.2) is 15.8 Å². The fourth-order valence-electron chi connectivity index (χ4n) is 1.62. The third-order valence-electron chi connectivity index (χ3n) is 2.78. The summed E-state index contributed by atoms with van der Waals surface area (Å²) in [5.41, 5.74) is 8.95. The van der Waals surface area contributed by atoms with Crippen molar-refractivity contribution in [1.29, 1.82) is 0 Å². The molecule has 1 aromatic carbocycles. The molecule has 16 heavy (non-hydrogen) atoms. The molecule has 2 N–H and O–H groups in total. The van der Waals surface area contributed by atoms with Crippen molar-refractivity contribution in [1.82, 2.24) is 9.55 Å². The number of aromatic nitrogens is 2. The molecular weight excluding hydrogens is 218 g/mol. The molecule has 0 aliphatic rings. The second-order valence-corrected chi connectivity index (χ2v) is 4.57. The summed E-state index contributed by atoms with van der Waals surface area (Å²) < 4.78 is 1.90. The topological polar surface area (TPSA) is 43.8 Å². The van der Waals surface area contributed by atoms with Crippen molar-refractivity contribution in [2.24, 2.45) is 7.05 Å². The van der Waals surface area contributed by atoms with E-state index in [2.05, 4.69) is 35.5 Å². The van der Waals surface area contributed by atoms with Crippen LogP contribution in [0.5, 0.6) is 0 Å². The molecule has 0 bridgehead atoms. The molecule has 2 aromatic rings. The largest absolute Gasteiger partial charge is 0.369 e. The van der Waals surface area contributed by atoms with Crippen LogP contribution in [0.3, 0.4) is 0 Å². The first-order chi connectivity index (χ1) is 7.63. The van der Waals surface area contributed by atoms with E-state index in [1.807, 2.05) is 18.5 Å². The Kier molecular flexibility index (Phi) is 2.92. The predicted octanol–water partition coefficient (Wildman–Crippen LogP) is 2.70. The standard InChI is InChI=1S/C12H15N3S/c1-8-11(14-12(13)15(8)2)9-4-6-10(16-3)7-5-9/h4-7H,1-3H3,(H2,13,14). The normalized spacial score (nSPS) is 10.7. The highest BCUT2D eigenvalue weighted by molar-refractivity contribution is 7.98. The zero-order chi connectivity index (χ0) is 11.7. The number of hydrogen-bond donors (Lipinski definition) is 1. The lowest BCUT2D eigenvalue weighted by atomic mass is 10.1. The van der Waals surface area contributed by atoms with Gasteiger partial charge in [-0.1, -0.05) is 12.1 Å². The van der Waals surface area contributed by atoms with E-state index < -0.39 is 0 Å². The first-order valence-electron chi connectivity index (χ1n) is 5.06. The Balaban J connectivity index is 2.46. The van der Waals surface area contributed by atoms with Crippen LogP contribution in [0.2, 0.25) is 0 Å². The van der Waals surface area contributed by atoms with Crippen molar-refractivity contribution in [3.05, 3.63) is 30.0 Å². The van der Waals surface area contributed by atoms with E-state index in [4.69, 9.17) is 5.73 Å². The van der Waals surface area contributed by atoms with Gasteiger partial charge in [0.1, 0.15) is 0 Å². The Morgan fingerprint density at radius 3 is 2.31 bits per heavy atom. The van der Waals surface area contributed by atoms with Crippen molar-refractivity contribution in [3.63, 3.8) is 0 Å². The number of thioether (sulfide) groups is 1. The zero-order valence-corrected chi connectivity index (χ0v) is 10.5. The lowest BCUT2D eigenvalue weighted by Crippen LogP contribution is -1.97. The van der Waals surface area contributed by atoms with E-state index in [0.717, 1.165) is 17.0 Å². The van der Waals surface area contributed by atoms with E-state index >= 15 is 0 Å². The molecular formula is C12H15N3S. The number of rotatable bonds is 2. The maximum atomic E-state index is 5.78. The van der Waals surface area contributed by atoms with Gasteiger partial charge in [0.25, 0.3) is 0 Å². The summed E-state index contributed by atoms with van der Waals surface area (Å²) in [5, 5.41) is 0. The molecule has 4 heteroatoms. The molecule has 2 rings (SSSR count). The van der Waals surface area contributed by atoms with E-state index in [0.29, 0.717) is 5.95 Å². The van der Waals surface area contributed by atoms with Gasteiger partial charge in [-0.05, 0) is 25.3 Å². The second kappa shape index (κ2) is 4.22. The number of nitrogen functional groups attached to an aromatic ring is 1. The average Bonchev–Trinajstić information content (AvgIpc) is 2.57. The first kappa shape index (κ1) is 11.1. The quantitative estimate of drug-likeness (QED) is 0.811. The molecule has 0 spiro atoms. The Bertz CT molecular complexity index is 500. The number of benzene rings is 1. The summed E-state index contributed by atoms with van der Waals surface area (Å²) in [5.74, 6) is 0.557. The monoisotopic (exact) mass is 233 g/mol. The van der Waals surface area contributed by atoms with Gasteiger partial charge in [-0.2, -0.15) is 0 Å². The number of nitrogens with zero attached hydrogens (tertiary/aromatic N) is 2. The third kappa shape index (κ3) is 1.80. The summed E-state index contributed by atoms with van der Waals surface area (Å²) in [6, 6.07) is 8.37. The van der Waals surface area contributed by atoms with Crippen molar-refractivity contribution < 1.29 is 0 Å². The highest BCUT2D eigenvalue weighted by atomic mass is 32.2. The zero-order valence-electron chi connectivity index (χ0n) is 9.69. The Morgan fingerprint density at radius 2 is 1.88 bits per heavy atom. The molecule has 84 valence electrons. The molecule has 0 fully saturated rings. The van der Waals surface area contributed by atoms with Gasteiger partial charge in [0, 0.05) is 23.2 Å². The summed E-state index contributed by atoms with van der Waals surface area (Å²) in [7, 11) is 1.93. The molecule has 0 unspecified atom stereocenters. The third-order valence-corrected chi connectivity index (χ3v) is 3.52. The average molecular weight is 233 g/mol. The molecule has 0 radical (unpaired) electrons. The Hall–Kier alpha value is -1.42. The fourth-order valence-corrected chi connectivity index (χ4v) is 2.03. The van der Waals surface area contributed by atoms with Crippen LogP contribution in [-0.2, 0) is 7.05 Å². The van der Waals surface area contributed by atoms with Gasteiger partial charge >= 0.3 is 0 Å². The van der Waals surface area contributed by atoms with Crippen molar-refractivity contribution in [3.8, 4) is 11.3 Å². The molecule has 0 aliphatic carbocycles. The lowest BCUT2D eigenvalue weighted by molar-refractivity contribution is 0.889. The Morgan fingerprint density at radius 1 is 1.25 bits per heavy atom. The molecule has 3 nitrogen and oxygen atoms in total. The minimum absolute atomic E-state index is 0.557. The van der Waals surface area contributed by atoms with Gasteiger partial charge in [-0.3, -0.25) is 0 Å². The van der Waals surface area contributed by atoms with Crippen LogP contribution in [0.15, 0.2) is 29.2 Å². The van der Waals surface area contributed by atoms with Crippen LogP contribution >= 0.6 is 11.8 Å². The molecule has 0 amide bonds. The second-order valence-electron chi connectivity index (χ2n) is 3.69. The molecule has 0 atom stereocenters. The van der Waals surface area contributed by atoms with Gasteiger partial charge in [0.15, 0.2) is 0 Å². The van der Waals surface area contributed by atoms with Gasteiger partial charge < -0.3 is 10.3 Å². The van der Waals surface area contributed by atoms with Crippen molar-refractivity contribution >= 4 is 17.7 Å². The number of anilines is 1. The van der Waals surface area contributed by atoms with Gasteiger partial charge in [0.05, 0.1) is 5.69 Å². The smallest absolute Gasteiger partial charge is 0.200 e. The number of imidazole rings is 1. The van der Waals surface area contributed by atoms with E-state index in [9.17, 15) is 0 Å². The van der Waals surface area contributed by atoms with E-state index in [1.165, 1.54) is 4.90 Å². The predicted molar refractivity (Wildman–Crippen MR) is 69.6 cm³/mol. The van der Waals surface area contributed by atoms with Crippen molar-refractivity contribution in [2.45, 2.75) is 11.8 Å². The fraction of sp³-hybridized carbons (Fsp3) is 0.250. The van der Waals surface area contributed by atoms with E-state index in [1.54, 1.807) is 11.8 Å². The minimum atomic E-state index is 0.557. The summed E-state index contributed by atoms with van der Waals surface area (Å²) in [4.78, 5) is 5.62. The van der Waals surface area contributed by atoms with Gasteiger partial charge in [-0.25, -0.2) is 4.98 Å². The van der Waals surface area contributed by atoms with E-state index in [-0.39, 0.29) is 0 Å². The number of hydrogen-bond acceptors (Lipinski definition) is 3. The molecule has 1 heterocycles. The van der Waals surface area contributed by atoms with Crippen LogP contribution < -0.4 is 5.73 Å². The van der Waals surface area contributed by atoms with Crippen LogP contribution in [0.4, 0.5) is 5.95 Å².